The summed E-state index contributed by atoms with van der Waals surface area (Å²) in [6.07, 6.45) is 4.02. The third-order valence-corrected chi connectivity index (χ3v) is 6.62. The van der Waals surface area contributed by atoms with Gasteiger partial charge in [-0.3, -0.25) is 0 Å². The molecule has 1 saturated heterocycles. The number of hydrogen-bond acceptors (Lipinski definition) is 4. The van der Waals surface area contributed by atoms with Crippen LogP contribution in [0.4, 0.5) is 0 Å². The van der Waals surface area contributed by atoms with Crippen LogP contribution in [0.3, 0.4) is 0 Å². The summed E-state index contributed by atoms with van der Waals surface area (Å²) in [5, 5.41) is 10.6. The second kappa shape index (κ2) is 5.93. The van der Waals surface area contributed by atoms with Crippen molar-refractivity contribution < 1.29 is 19.4 Å². The molecule has 0 aromatic heterocycles. The van der Waals surface area contributed by atoms with E-state index in [1.54, 1.807) is 12.1 Å². The summed E-state index contributed by atoms with van der Waals surface area (Å²) in [6, 6.07) is 9.13. The number of fused-ring (bicyclic) bond motifs is 2. The zero-order valence-electron chi connectivity index (χ0n) is 15.9. The zero-order chi connectivity index (χ0) is 18.7. The molecule has 0 spiro atoms. The Morgan fingerprint density at radius 2 is 2.00 bits per heavy atom. The number of rotatable bonds is 3. The predicted octanol–water partition coefficient (Wildman–Crippen LogP) is 3.74. The van der Waals surface area contributed by atoms with Crippen molar-refractivity contribution >= 4 is 5.97 Å². The molecule has 4 nitrogen and oxygen atoms in total. The van der Waals surface area contributed by atoms with Gasteiger partial charge in [0.05, 0.1) is 23.4 Å². The maximum atomic E-state index is 12.7. The zero-order valence-corrected chi connectivity index (χ0v) is 15.9. The molecule has 2 fully saturated rings. The standard InChI is InChI=1S/C22H28O4/c1-13-16-10-15(21(2,3)24)11-18(22(16,4)12-17-19(13)25-17)26-20(23)14-8-6-5-7-9-14/h5-10,13,15,17-19,24H,11-12H2,1-4H3/t13-,15-,17-,18+,19+,22+/m0/s1. The first-order valence-electron chi connectivity index (χ1n) is 9.56. The molecule has 140 valence electrons. The van der Waals surface area contributed by atoms with E-state index in [2.05, 4.69) is 19.9 Å². The molecule has 1 N–H and O–H groups in total. The summed E-state index contributed by atoms with van der Waals surface area (Å²) in [7, 11) is 0. The smallest absolute Gasteiger partial charge is 0.338 e. The summed E-state index contributed by atoms with van der Waals surface area (Å²) < 4.78 is 11.9. The minimum atomic E-state index is -0.854. The highest BCUT2D eigenvalue weighted by molar-refractivity contribution is 5.89. The molecule has 1 aliphatic heterocycles. The van der Waals surface area contributed by atoms with Crippen molar-refractivity contribution in [2.75, 3.05) is 0 Å². The number of aliphatic hydroxyl groups is 1. The number of ether oxygens (including phenoxy) is 2. The molecule has 2 aliphatic carbocycles. The van der Waals surface area contributed by atoms with Gasteiger partial charge in [0.15, 0.2) is 0 Å². The number of epoxide rings is 1. The lowest BCUT2D eigenvalue weighted by Crippen LogP contribution is -2.50. The monoisotopic (exact) mass is 356 g/mol. The van der Waals surface area contributed by atoms with Gasteiger partial charge in [-0.05, 0) is 38.8 Å². The minimum Gasteiger partial charge on any atom is -0.458 e. The molecule has 0 amide bonds. The van der Waals surface area contributed by atoms with Gasteiger partial charge in [0.2, 0.25) is 0 Å². The molecule has 0 unspecified atom stereocenters. The van der Waals surface area contributed by atoms with Crippen LogP contribution in [0.1, 0.15) is 50.9 Å². The molecule has 0 bridgehead atoms. The second-order valence-corrected chi connectivity index (χ2v) is 8.93. The van der Waals surface area contributed by atoms with Gasteiger partial charge in [0, 0.05) is 17.3 Å². The average Bonchev–Trinajstić information content (AvgIpc) is 3.35. The van der Waals surface area contributed by atoms with E-state index in [1.807, 2.05) is 32.0 Å². The fourth-order valence-electron chi connectivity index (χ4n) is 4.87. The Hall–Kier alpha value is -1.65. The van der Waals surface area contributed by atoms with Crippen LogP contribution in [-0.2, 0) is 9.47 Å². The SMILES string of the molecule is C[C@H]1C2=C[C@H](C(C)(C)O)C[C@@H](OC(=O)c3ccccc3)[C@]2(C)C[C@@H]2O[C@@H]21. The lowest BCUT2D eigenvalue weighted by atomic mass is 9.58. The number of benzene rings is 1. The van der Waals surface area contributed by atoms with Gasteiger partial charge in [-0.15, -0.1) is 0 Å². The lowest BCUT2D eigenvalue weighted by molar-refractivity contribution is -0.0511. The van der Waals surface area contributed by atoms with Gasteiger partial charge in [-0.2, -0.15) is 0 Å². The van der Waals surface area contributed by atoms with Crippen LogP contribution < -0.4 is 0 Å². The first-order chi connectivity index (χ1) is 12.2. The molecule has 1 saturated carbocycles. The average molecular weight is 356 g/mol. The maximum Gasteiger partial charge on any atom is 0.338 e. The Morgan fingerprint density at radius 1 is 1.31 bits per heavy atom. The van der Waals surface area contributed by atoms with Crippen LogP contribution in [-0.4, -0.2) is 35.0 Å². The van der Waals surface area contributed by atoms with Gasteiger partial charge in [0.25, 0.3) is 0 Å². The van der Waals surface area contributed by atoms with E-state index < -0.39 is 5.60 Å². The van der Waals surface area contributed by atoms with Crippen LogP contribution in [0.2, 0.25) is 0 Å². The molecule has 0 radical (unpaired) electrons. The number of hydrogen-bond donors (Lipinski definition) is 1. The quantitative estimate of drug-likeness (QED) is 0.509. The number of carbonyl (C=O) groups excluding carboxylic acids is 1. The summed E-state index contributed by atoms with van der Waals surface area (Å²) in [5.41, 5.74) is 0.757. The van der Waals surface area contributed by atoms with Crippen LogP contribution in [0.15, 0.2) is 42.0 Å². The highest BCUT2D eigenvalue weighted by atomic mass is 16.6. The van der Waals surface area contributed by atoms with E-state index in [0.29, 0.717) is 17.9 Å². The summed E-state index contributed by atoms with van der Waals surface area (Å²) in [6.45, 7) is 8.04. The Labute approximate surface area is 155 Å². The van der Waals surface area contributed by atoms with Gasteiger partial charge in [-0.1, -0.05) is 43.7 Å². The van der Waals surface area contributed by atoms with Gasteiger partial charge in [-0.25, -0.2) is 4.79 Å². The molecule has 4 heteroatoms. The normalized spacial score (nSPS) is 38.7. The van der Waals surface area contributed by atoms with Gasteiger partial charge in [0.1, 0.15) is 6.10 Å². The van der Waals surface area contributed by atoms with E-state index in [0.717, 1.165) is 6.42 Å². The maximum absolute atomic E-state index is 12.7. The third kappa shape index (κ3) is 2.89. The first kappa shape index (κ1) is 17.7. The molecule has 1 heterocycles. The molecular formula is C22H28O4. The van der Waals surface area contributed by atoms with E-state index >= 15 is 0 Å². The Kier molecular flexibility index (Phi) is 4.05. The molecule has 4 rings (SSSR count). The van der Waals surface area contributed by atoms with Crippen molar-refractivity contribution in [2.45, 2.75) is 64.4 Å². The summed E-state index contributed by atoms with van der Waals surface area (Å²) >= 11 is 0. The van der Waals surface area contributed by atoms with E-state index in [9.17, 15) is 9.90 Å². The van der Waals surface area contributed by atoms with Crippen molar-refractivity contribution in [3.05, 3.63) is 47.5 Å². The molecule has 3 aliphatic rings. The largest absolute Gasteiger partial charge is 0.458 e. The van der Waals surface area contributed by atoms with Gasteiger partial charge >= 0.3 is 5.97 Å². The van der Waals surface area contributed by atoms with Gasteiger partial charge < -0.3 is 14.6 Å². The second-order valence-electron chi connectivity index (χ2n) is 8.93. The Morgan fingerprint density at radius 3 is 2.65 bits per heavy atom. The van der Waals surface area contributed by atoms with E-state index in [1.165, 1.54) is 5.57 Å². The van der Waals surface area contributed by atoms with Crippen LogP contribution in [0.5, 0.6) is 0 Å². The molecule has 26 heavy (non-hydrogen) atoms. The topological polar surface area (TPSA) is 59.1 Å². The fraction of sp³-hybridized carbons (Fsp3) is 0.591. The van der Waals surface area contributed by atoms with Crippen molar-refractivity contribution in [2.24, 2.45) is 17.3 Å². The van der Waals surface area contributed by atoms with Crippen molar-refractivity contribution in [1.82, 2.24) is 0 Å². The molecular weight excluding hydrogens is 328 g/mol. The van der Waals surface area contributed by atoms with Crippen LogP contribution in [0.25, 0.3) is 0 Å². The fourth-order valence-corrected chi connectivity index (χ4v) is 4.87. The molecule has 6 atom stereocenters. The lowest BCUT2D eigenvalue weighted by Gasteiger charge is -2.49. The number of esters is 1. The highest BCUT2D eigenvalue weighted by Gasteiger charge is 2.60. The number of carbonyl (C=O) groups is 1. The molecule has 1 aromatic carbocycles. The minimum absolute atomic E-state index is 0.0445. The van der Waals surface area contributed by atoms with Crippen molar-refractivity contribution in [3.8, 4) is 0 Å². The molecule has 1 aromatic rings. The highest BCUT2D eigenvalue weighted by Crippen LogP contribution is 2.58. The van der Waals surface area contributed by atoms with Crippen LogP contribution >= 0.6 is 0 Å². The van der Waals surface area contributed by atoms with E-state index in [4.69, 9.17) is 9.47 Å². The summed E-state index contributed by atoms with van der Waals surface area (Å²) in [4.78, 5) is 12.7. The van der Waals surface area contributed by atoms with Crippen molar-refractivity contribution in [3.63, 3.8) is 0 Å². The summed E-state index contributed by atoms with van der Waals surface area (Å²) in [5.74, 6) is -0.0437. The Balaban J connectivity index is 1.67. The third-order valence-electron chi connectivity index (χ3n) is 6.62. The first-order valence-corrected chi connectivity index (χ1v) is 9.56. The van der Waals surface area contributed by atoms with Crippen LogP contribution in [0, 0.1) is 17.3 Å². The van der Waals surface area contributed by atoms with Crippen molar-refractivity contribution in [1.29, 1.82) is 0 Å². The Bertz CT molecular complexity index is 732. The van der Waals surface area contributed by atoms with E-state index in [-0.39, 0.29) is 35.6 Å². The predicted molar refractivity (Wildman–Crippen MR) is 98.7 cm³/mol.